The Kier molecular flexibility index (Phi) is 5.89. The van der Waals surface area contributed by atoms with Crippen LogP contribution in [0, 0.1) is 20.8 Å². The number of ether oxygens (including phenoxy) is 1. The minimum absolute atomic E-state index is 0.0845. The second-order valence-electron chi connectivity index (χ2n) is 4.47. The van der Waals surface area contributed by atoms with E-state index >= 15 is 0 Å². The standard InChI is InChI=1S/C13H16IN3O2/c1-8(2)6-17-12(18)7-19-13-10(14)3-9(5-15)4-11(13)16/h3-4,8H,6-7,16H2,1-2H3,(H,17,18). The fraction of sp³-hybridized carbons (Fsp3) is 0.385. The first-order valence-electron chi connectivity index (χ1n) is 5.82. The summed E-state index contributed by atoms with van der Waals surface area (Å²) in [7, 11) is 0. The maximum absolute atomic E-state index is 11.5. The van der Waals surface area contributed by atoms with Crippen LogP contribution < -0.4 is 15.8 Å². The SMILES string of the molecule is CC(C)CNC(=O)COc1c(N)cc(C#N)cc1I. The van der Waals surface area contributed by atoms with Crippen molar-refractivity contribution in [2.45, 2.75) is 13.8 Å². The van der Waals surface area contributed by atoms with Crippen LogP contribution in [0.25, 0.3) is 0 Å². The molecule has 0 aromatic heterocycles. The number of halogens is 1. The van der Waals surface area contributed by atoms with Gasteiger partial charge in [-0.2, -0.15) is 5.26 Å². The van der Waals surface area contributed by atoms with E-state index in [0.717, 1.165) is 0 Å². The van der Waals surface area contributed by atoms with Crippen LogP contribution in [0.3, 0.4) is 0 Å². The quantitative estimate of drug-likeness (QED) is 0.610. The lowest BCUT2D eigenvalue weighted by Crippen LogP contribution is -2.31. The third-order valence-electron chi connectivity index (χ3n) is 2.26. The number of hydrogen-bond acceptors (Lipinski definition) is 4. The van der Waals surface area contributed by atoms with Gasteiger partial charge in [0, 0.05) is 6.54 Å². The van der Waals surface area contributed by atoms with Crippen molar-refractivity contribution in [1.82, 2.24) is 5.32 Å². The third kappa shape index (κ3) is 4.95. The molecule has 0 unspecified atom stereocenters. The molecule has 0 saturated carbocycles. The number of anilines is 1. The van der Waals surface area contributed by atoms with Gasteiger partial charge in [-0.25, -0.2) is 0 Å². The first kappa shape index (κ1) is 15.6. The molecule has 5 nitrogen and oxygen atoms in total. The average Bonchev–Trinajstić information content (AvgIpc) is 2.34. The summed E-state index contributed by atoms with van der Waals surface area (Å²) in [4.78, 5) is 11.5. The second kappa shape index (κ2) is 7.19. The smallest absolute Gasteiger partial charge is 0.257 e. The molecular weight excluding hydrogens is 357 g/mol. The number of nitrogens with two attached hydrogens (primary N) is 1. The molecule has 0 saturated heterocycles. The van der Waals surface area contributed by atoms with Crippen LogP contribution in [0.2, 0.25) is 0 Å². The molecule has 19 heavy (non-hydrogen) atoms. The van der Waals surface area contributed by atoms with Gasteiger partial charge in [0.1, 0.15) is 0 Å². The molecule has 6 heteroatoms. The zero-order valence-electron chi connectivity index (χ0n) is 10.9. The maximum Gasteiger partial charge on any atom is 0.257 e. The fourth-order valence-corrected chi connectivity index (χ4v) is 2.14. The number of benzene rings is 1. The third-order valence-corrected chi connectivity index (χ3v) is 3.06. The van der Waals surface area contributed by atoms with E-state index in [0.29, 0.717) is 33.0 Å². The van der Waals surface area contributed by atoms with Crippen molar-refractivity contribution < 1.29 is 9.53 Å². The Hall–Kier alpha value is -1.49. The lowest BCUT2D eigenvalue weighted by Gasteiger charge is -2.12. The van der Waals surface area contributed by atoms with E-state index < -0.39 is 0 Å². The summed E-state index contributed by atoms with van der Waals surface area (Å²) >= 11 is 2.03. The molecule has 1 aromatic rings. The van der Waals surface area contributed by atoms with Crippen molar-refractivity contribution in [1.29, 1.82) is 5.26 Å². The number of rotatable bonds is 5. The topological polar surface area (TPSA) is 88.1 Å². The number of nitrogens with one attached hydrogen (secondary N) is 1. The van der Waals surface area contributed by atoms with Crippen LogP contribution in [-0.2, 0) is 4.79 Å². The van der Waals surface area contributed by atoms with E-state index in [-0.39, 0.29) is 12.5 Å². The molecule has 1 aromatic carbocycles. The molecule has 1 rings (SSSR count). The number of nitrogen functional groups attached to an aromatic ring is 1. The van der Waals surface area contributed by atoms with Crippen molar-refractivity contribution >= 4 is 34.2 Å². The predicted molar refractivity (Wildman–Crippen MR) is 81.6 cm³/mol. The van der Waals surface area contributed by atoms with Crippen LogP contribution in [-0.4, -0.2) is 19.1 Å². The molecule has 0 bridgehead atoms. The van der Waals surface area contributed by atoms with Gasteiger partial charge in [0.25, 0.3) is 5.91 Å². The zero-order valence-corrected chi connectivity index (χ0v) is 13.0. The van der Waals surface area contributed by atoms with Crippen molar-refractivity contribution in [2.24, 2.45) is 5.92 Å². The van der Waals surface area contributed by atoms with Gasteiger partial charge in [-0.05, 0) is 40.6 Å². The Morgan fingerprint density at radius 1 is 1.58 bits per heavy atom. The van der Waals surface area contributed by atoms with Crippen molar-refractivity contribution in [2.75, 3.05) is 18.9 Å². The van der Waals surface area contributed by atoms with Crippen LogP contribution in [0.4, 0.5) is 5.69 Å². The van der Waals surface area contributed by atoms with Crippen LogP contribution in [0.15, 0.2) is 12.1 Å². The molecule has 0 aliphatic rings. The molecule has 0 atom stereocenters. The highest BCUT2D eigenvalue weighted by Crippen LogP contribution is 2.29. The van der Waals surface area contributed by atoms with Crippen LogP contribution in [0.1, 0.15) is 19.4 Å². The molecule has 0 radical (unpaired) electrons. The maximum atomic E-state index is 11.5. The van der Waals surface area contributed by atoms with Gasteiger partial charge >= 0.3 is 0 Å². The number of nitrogens with zero attached hydrogens (tertiary/aromatic N) is 1. The van der Waals surface area contributed by atoms with Gasteiger partial charge in [0.05, 0.1) is 20.9 Å². The highest BCUT2D eigenvalue weighted by Gasteiger charge is 2.10. The van der Waals surface area contributed by atoms with E-state index in [9.17, 15) is 4.79 Å². The van der Waals surface area contributed by atoms with E-state index in [1.54, 1.807) is 6.07 Å². The molecule has 0 aliphatic heterocycles. The zero-order chi connectivity index (χ0) is 14.4. The molecule has 0 aliphatic carbocycles. The summed E-state index contributed by atoms with van der Waals surface area (Å²) in [6, 6.07) is 5.21. The molecule has 0 spiro atoms. The largest absolute Gasteiger partial charge is 0.480 e. The number of carbonyl (C=O) groups excluding carboxylic acids is 1. The van der Waals surface area contributed by atoms with Gasteiger partial charge in [0.2, 0.25) is 0 Å². The van der Waals surface area contributed by atoms with Gasteiger partial charge in [-0.1, -0.05) is 13.8 Å². The van der Waals surface area contributed by atoms with Gasteiger partial charge in [-0.15, -0.1) is 0 Å². The summed E-state index contributed by atoms with van der Waals surface area (Å²) in [5.41, 5.74) is 6.63. The molecule has 0 heterocycles. The van der Waals surface area contributed by atoms with E-state index in [2.05, 4.69) is 5.32 Å². The minimum Gasteiger partial charge on any atom is -0.480 e. The fourth-order valence-electron chi connectivity index (χ4n) is 1.34. The molecule has 1 amide bonds. The Morgan fingerprint density at radius 2 is 2.26 bits per heavy atom. The van der Waals surface area contributed by atoms with Gasteiger partial charge in [-0.3, -0.25) is 4.79 Å². The molecule has 0 fully saturated rings. The Morgan fingerprint density at radius 3 is 2.79 bits per heavy atom. The van der Waals surface area contributed by atoms with Crippen molar-refractivity contribution in [3.63, 3.8) is 0 Å². The molecule has 102 valence electrons. The lowest BCUT2D eigenvalue weighted by atomic mass is 10.2. The molecular formula is C13H16IN3O2. The van der Waals surface area contributed by atoms with E-state index in [1.807, 2.05) is 42.5 Å². The first-order chi connectivity index (χ1) is 8.93. The Bertz CT molecular complexity index is 486. The monoisotopic (exact) mass is 373 g/mol. The Labute approximate surface area is 126 Å². The summed E-state index contributed by atoms with van der Waals surface area (Å²) in [5.74, 6) is 0.650. The minimum atomic E-state index is -0.187. The summed E-state index contributed by atoms with van der Waals surface area (Å²) in [5, 5.41) is 11.6. The van der Waals surface area contributed by atoms with Crippen LogP contribution >= 0.6 is 22.6 Å². The van der Waals surface area contributed by atoms with Gasteiger partial charge in [0.15, 0.2) is 12.4 Å². The number of amides is 1. The number of hydrogen-bond donors (Lipinski definition) is 2. The van der Waals surface area contributed by atoms with Crippen LogP contribution in [0.5, 0.6) is 5.75 Å². The average molecular weight is 373 g/mol. The van der Waals surface area contributed by atoms with E-state index in [4.69, 9.17) is 15.7 Å². The molecule has 3 N–H and O–H groups in total. The van der Waals surface area contributed by atoms with Crippen molar-refractivity contribution in [3.8, 4) is 11.8 Å². The number of carbonyl (C=O) groups is 1. The predicted octanol–water partition coefficient (Wildman–Crippen LogP) is 1.90. The first-order valence-corrected chi connectivity index (χ1v) is 6.90. The Balaban J connectivity index is 2.64. The highest BCUT2D eigenvalue weighted by molar-refractivity contribution is 14.1. The van der Waals surface area contributed by atoms with E-state index in [1.165, 1.54) is 6.07 Å². The summed E-state index contributed by atoms with van der Waals surface area (Å²) in [6.45, 7) is 4.56. The number of nitriles is 1. The highest BCUT2D eigenvalue weighted by atomic mass is 127. The lowest BCUT2D eigenvalue weighted by molar-refractivity contribution is -0.123. The van der Waals surface area contributed by atoms with Gasteiger partial charge < -0.3 is 15.8 Å². The summed E-state index contributed by atoms with van der Waals surface area (Å²) in [6.07, 6.45) is 0. The van der Waals surface area contributed by atoms with Crippen molar-refractivity contribution in [3.05, 3.63) is 21.3 Å². The normalized spacial score (nSPS) is 10.1. The second-order valence-corrected chi connectivity index (χ2v) is 5.64. The summed E-state index contributed by atoms with van der Waals surface area (Å²) < 4.78 is 6.12.